The molecular weight excluding hydrogens is 759 g/mol. The second kappa shape index (κ2) is 16.7. The van der Waals surface area contributed by atoms with E-state index in [0.717, 1.165) is 17.1 Å². The minimum absolute atomic E-state index is 1.09. The summed E-state index contributed by atoms with van der Waals surface area (Å²) in [7, 11) is 0. The van der Waals surface area contributed by atoms with Gasteiger partial charge in [0.15, 0.2) is 0 Å². The maximum Gasteiger partial charge on any atom is 0.0467 e. The van der Waals surface area contributed by atoms with Crippen LogP contribution in [0.5, 0.6) is 0 Å². The Balaban J connectivity index is 1.00. The van der Waals surface area contributed by atoms with Crippen molar-refractivity contribution in [2.24, 2.45) is 0 Å². The van der Waals surface area contributed by atoms with Gasteiger partial charge in [0.05, 0.1) is 0 Å². The lowest BCUT2D eigenvalue weighted by molar-refractivity contribution is 1.28. The summed E-state index contributed by atoms with van der Waals surface area (Å²) in [6.45, 7) is 0. The molecule has 0 N–H and O–H groups in total. The van der Waals surface area contributed by atoms with Crippen LogP contribution in [0.2, 0.25) is 0 Å². The van der Waals surface area contributed by atoms with E-state index in [-0.39, 0.29) is 0 Å². The first-order valence-corrected chi connectivity index (χ1v) is 21.7. The zero-order valence-corrected chi connectivity index (χ0v) is 34.8. The van der Waals surface area contributed by atoms with Crippen molar-refractivity contribution in [1.82, 2.24) is 0 Å². The molecular formula is C62H43N. The summed E-state index contributed by atoms with van der Waals surface area (Å²) < 4.78 is 0. The number of hydrogen-bond donors (Lipinski definition) is 0. The predicted molar refractivity (Wildman–Crippen MR) is 269 cm³/mol. The van der Waals surface area contributed by atoms with Gasteiger partial charge in [0.1, 0.15) is 0 Å². The molecule has 11 rings (SSSR count). The summed E-state index contributed by atoms with van der Waals surface area (Å²) in [5.74, 6) is 0. The third kappa shape index (κ3) is 7.58. The molecule has 0 atom stereocenters. The van der Waals surface area contributed by atoms with E-state index in [1.54, 1.807) is 0 Å². The van der Waals surface area contributed by atoms with E-state index in [9.17, 15) is 0 Å². The Hall–Kier alpha value is -8.26. The van der Waals surface area contributed by atoms with Crippen LogP contribution in [0.1, 0.15) is 0 Å². The van der Waals surface area contributed by atoms with Crippen LogP contribution in [0, 0.1) is 0 Å². The molecule has 0 heterocycles. The summed E-state index contributed by atoms with van der Waals surface area (Å²) in [5, 5.41) is 4.96. The van der Waals surface area contributed by atoms with Crippen LogP contribution in [0.3, 0.4) is 0 Å². The highest BCUT2D eigenvalue weighted by molar-refractivity contribution is 6.05. The maximum absolute atomic E-state index is 2.38. The van der Waals surface area contributed by atoms with Crippen LogP contribution in [-0.4, -0.2) is 0 Å². The van der Waals surface area contributed by atoms with Crippen molar-refractivity contribution in [3.05, 3.63) is 261 Å². The van der Waals surface area contributed by atoms with Gasteiger partial charge < -0.3 is 4.90 Å². The molecule has 63 heavy (non-hydrogen) atoms. The molecule has 11 aromatic rings. The van der Waals surface area contributed by atoms with E-state index in [4.69, 9.17) is 0 Å². The zero-order valence-electron chi connectivity index (χ0n) is 34.8. The van der Waals surface area contributed by atoms with Gasteiger partial charge in [0, 0.05) is 17.1 Å². The molecule has 1 nitrogen and oxygen atoms in total. The molecule has 1 heteroatoms. The molecule has 0 unspecified atom stereocenters. The van der Waals surface area contributed by atoms with Gasteiger partial charge in [-0.25, -0.2) is 0 Å². The van der Waals surface area contributed by atoms with Gasteiger partial charge in [-0.3, -0.25) is 0 Å². The van der Waals surface area contributed by atoms with Gasteiger partial charge >= 0.3 is 0 Å². The van der Waals surface area contributed by atoms with Gasteiger partial charge in [-0.2, -0.15) is 0 Å². The van der Waals surface area contributed by atoms with E-state index in [1.807, 2.05) is 0 Å². The van der Waals surface area contributed by atoms with E-state index < -0.39 is 0 Å². The molecule has 296 valence electrons. The lowest BCUT2D eigenvalue weighted by atomic mass is 9.88. The van der Waals surface area contributed by atoms with Crippen LogP contribution in [0.15, 0.2) is 261 Å². The fourth-order valence-electron chi connectivity index (χ4n) is 9.04. The lowest BCUT2D eigenvalue weighted by Crippen LogP contribution is -2.10. The van der Waals surface area contributed by atoms with E-state index in [1.165, 1.54) is 88.3 Å². The largest absolute Gasteiger partial charge is 0.310 e. The number of anilines is 3. The topological polar surface area (TPSA) is 3.24 Å². The zero-order chi connectivity index (χ0) is 42.0. The van der Waals surface area contributed by atoms with Gasteiger partial charge in [0.2, 0.25) is 0 Å². The first-order chi connectivity index (χ1) is 31.2. The number of hydrogen-bond acceptors (Lipinski definition) is 1. The van der Waals surface area contributed by atoms with Crippen molar-refractivity contribution < 1.29 is 0 Å². The molecule has 0 aliphatic heterocycles. The Morgan fingerprint density at radius 2 is 0.635 bits per heavy atom. The Bertz CT molecular complexity index is 3350. The normalized spacial score (nSPS) is 11.2. The number of rotatable bonds is 9. The summed E-state index contributed by atoms with van der Waals surface area (Å²) in [4.78, 5) is 2.38. The molecule has 0 saturated carbocycles. The Morgan fingerprint density at radius 3 is 1.29 bits per heavy atom. The van der Waals surface area contributed by atoms with Gasteiger partial charge in [-0.1, -0.05) is 206 Å². The van der Waals surface area contributed by atoms with Crippen LogP contribution in [0.25, 0.3) is 88.3 Å². The molecule has 0 amide bonds. The highest BCUT2D eigenvalue weighted by Gasteiger charge is 2.17. The van der Waals surface area contributed by atoms with E-state index in [2.05, 4.69) is 266 Å². The summed E-state index contributed by atoms with van der Waals surface area (Å²) in [6.07, 6.45) is 0. The van der Waals surface area contributed by atoms with Crippen LogP contribution in [-0.2, 0) is 0 Å². The number of benzene rings is 11. The monoisotopic (exact) mass is 801 g/mol. The first-order valence-electron chi connectivity index (χ1n) is 21.7. The Kier molecular flexibility index (Phi) is 9.97. The predicted octanol–water partition coefficient (Wildman–Crippen LogP) is 17.5. The molecule has 0 fully saturated rings. The third-order valence-corrected chi connectivity index (χ3v) is 12.2. The SMILES string of the molecule is c1ccc(-c2cccc(-c3cccc(N(c4ccc(-c5ccc6ccccc6c5)cc4)c4ccc(-c5ccc6cc(-c7ccccc7)ccc6c5-c5ccccc5)cc4)c3)c2)cc1. The van der Waals surface area contributed by atoms with Crippen molar-refractivity contribution >= 4 is 38.6 Å². The molecule has 0 aromatic heterocycles. The lowest BCUT2D eigenvalue weighted by Gasteiger charge is -2.27. The van der Waals surface area contributed by atoms with Gasteiger partial charge in [0.25, 0.3) is 0 Å². The molecule has 0 spiro atoms. The first kappa shape index (κ1) is 37.7. The average molecular weight is 802 g/mol. The van der Waals surface area contributed by atoms with Crippen molar-refractivity contribution in [2.75, 3.05) is 4.90 Å². The smallest absolute Gasteiger partial charge is 0.0467 e. The molecule has 0 bridgehead atoms. The number of fused-ring (bicyclic) bond motifs is 2. The van der Waals surface area contributed by atoms with Crippen molar-refractivity contribution in [3.63, 3.8) is 0 Å². The minimum atomic E-state index is 1.09. The fourth-order valence-corrected chi connectivity index (χ4v) is 9.04. The third-order valence-electron chi connectivity index (χ3n) is 12.2. The van der Waals surface area contributed by atoms with E-state index in [0.29, 0.717) is 0 Å². The average Bonchev–Trinajstić information content (AvgIpc) is 3.37. The molecule has 0 saturated heterocycles. The van der Waals surface area contributed by atoms with Crippen molar-refractivity contribution in [3.8, 4) is 66.8 Å². The van der Waals surface area contributed by atoms with Gasteiger partial charge in [-0.15, -0.1) is 0 Å². The second-order valence-corrected chi connectivity index (χ2v) is 16.1. The van der Waals surface area contributed by atoms with Crippen LogP contribution < -0.4 is 4.90 Å². The van der Waals surface area contributed by atoms with Gasteiger partial charge in [-0.05, 0) is 143 Å². The van der Waals surface area contributed by atoms with Crippen LogP contribution in [0.4, 0.5) is 17.1 Å². The number of nitrogens with zero attached hydrogens (tertiary/aromatic N) is 1. The van der Waals surface area contributed by atoms with Crippen molar-refractivity contribution in [1.29, 1.82) is 0 Å². The minimum Gasteiger partial charge on any atom is -0.310 e. The Labute approximate surface area is 369 Å². The fraction of sp³-hybridized carbons (Fsp3) is 0. The molecule has 0 aliphatic carbocycles. The summed E-state index contributed by atoms with van der Waals surface area (Å²) in [5.41, 5.74) is 17.7. The highest BCUT2D eigenvalue weighted by atomic mass is 15.1. The highest BCUT2D eigenvalue weighted by Crippen LogP contribution is 2.42. The molecule has 0 radical (unpaired) electrons. The molecule has 11 aromatic carbocycles. The Morgan fingerprint density at radius 1 is 0.206 bits per heavy atom. The van der Waals surface area contributed by atoms with Crippen molar-refractivity contribution in [2.45, 2.75) is 0 Å². The standard InChI is InChI=1S/C62H43N/c1-4-14-44(15-5-1)51-22-12-23-52(40-51)53-24-13-25-59(43-53)63(57-34-28-47(29-35-57)54-27-26-46-18-10-11-21-50(46)41-54)58-36-30-48(31-37-58)60-39-33-56-42-55(45-16-6-2-7-17-45)32-38-61(56)62(60)49-19-8-3-9-20-49/h1-43H. The quantitative estimate of drug-likeness (QED) is 0.141. The maximum atomic E-state index is 2.38. The second-order valence-electron chi connectivity index (χ2n) is 16.1. The van der Waals surface area contributed by atoms with E-state index >= 15 is 0 Å². The van der Waals surface area contributed by atoms with Crippen LogP contribution >= 0.6 is 0 Å². The molecule has 0 aliphatic rings. The summed E-state index contributed by atoms with van der Waals surface area (Å²) in [6, 6.07) is 94.6. The summed E-state index contributed by atoms with van der Waals surface area (Å²) >= 11 is 0.